The number of primary sulfonamides is 1. The van der Waals surface area contributed by atoms with Crippen molar-refractivity contribution in [3.63, 3.8) is 0 Å². The first kappa shape index (κ1) is 15.5. The second-order valence-corrected chi connectivity index (χ2v) is 6.91. The third kappa shape index (κ3) is 4.06. The summed E-state index contributed by atoms with van der Waals surface area (Å²) in [6.45, 7) is 4.28. The van der Waals surface area contributed by atoms with Crippen LogP contribution in [0.15, 0.2) is 59.5 Å². The molecular formula is C16H20N2O2S. The van der Waals surface area contributed by atoms with Gasteiger partial charge in [-0.2, -0.15) is 0 Å². The fourth-order valence-corrected chi connectivity index (χ4v) is 2.73. The molecule has 0 fully saturated rings. The van der Waals surface area contributed by atoms with E-state index >= 15 is 0 Å². The Hall–Kier alpha value is -1.85. The van der Waals surface area contributed by atoms with Crippen molar-refractivity contribution >= 4 is 15.7 Å². The van der Waals surface area contributed by atoms with Gasteiger partial charge in [0.05, 0.1) is 10.9 Å². The molecule has 2 aromatic carbocycles. The summed E-state index contributed by atoms with van der Waals surface area (Å²) in [5.41, 5.74) is 2.06. The van der Waals surface area contributed by atoms with Gasteiger partial charge in [0.15, 0.2) is 0 Å². The van der Waals surface area contributed by atoms with Crippen LogP contribution in [0.4, 0.5) is 5.69 Å². The second-order valence-electron chi connectivity index (χ2n) is 5.35. The highest BCUT2D eigenvalue weighted by Crippen LogP contribution is 2.26. The predicted molar refractivity (Wildman–Crippen MR) is 85.5 cm³/mol. The lowest BCUT2D eigenvalue weighted by Gasteiger charge is -2.24. The number of hydrogen-bond donors (Lipinski definition) is 2. The van der Waals surface area contributed by atoms with E-state index in [0.717, 1.165) is 5.69 Å². The number of sulfonamides is 1. The Morgan fingerprint density at radius 2 is 1.52 bits per heavy atom. The summed E-state index contributed by atoms with van der Waals surface area (Å²) in [7, 11) is -3.64. The molecule has 3 N–H and O–H groups in total. The summed E-state index contributed by atoms with van der Waals surface area (Å²) < 4.78 is 22.5. The van der Waals surface area contributed by atoms with E-state index in [1.807, 2.05) is 18.2 Å². The van der Waals surface area contributed by atoms with Gasteiger partial charge in [0.2, 0.25) is 10.0 Å². The molecular weight excluding hydrogens is 284 g/mol. The Kier molecular flexibility index (Phi) is 4.65. The van der Waals surface area contributed by atoms with Gasteiger partial charge in [-0.15, -0.1) is 0 Å². The first-order chi connectivity index (χ1) is 9.88. The molecule has 4 nitrogen and oxygen atoms in total. The minimum atomic E-state index is -3.64. The SMILES string of the molecule is CC(C)C(Nc1ccc(S(N)(=O)=O)cc1)c1ccccc1. The van der Waals surface area contributed by atoms with Crippen molar-refractivity contribution in [2.24, 2.45) is 11.1 Å². The third-order valence-corrected chi connectivity index (χ3v) is 4.26. The first-order valence-electron chi connectivity index (χ1n) is 6.82. The normalized spacial score (nSPS) is 13.1. The topological polar surface area (TPSA) is 72.2 Å². The molecule has 0 aliphatic carbocycles. The standard InChI is InChI=1S/C16H20N2O2S/c1-12(2)16(13-6-4-3-5-7-13)18-14-8-10-15(11-9-14)21(17,19)20/h3-12,16,18H,1-2H3,(H2,17,19,20). The molecule has 0 spiro atoms. The van der Waals surface area contributed by atoms with E-state index in [4.69, 9.17) is 5.14 Å². The molecule has 0 aliphatic heterocycles. The molecule has 1 atom stereocenters. The number of rotatable bonds is 5. The first-order valence-corrected chi connectivity index (χ1v) is 8.37. The van der Waals surface area contributed by atoms with Crippen LogP contribution in [0.5, 0.6) is 0 Å². The van der Waals surface area contributed by atoms with Gasteiger partial charge in [-0.1, -0.05) is 44.2 Å². The van der Waals surface area contributed by atoms with Crippen LogP contribution in [-0.4, -0.2) is 8.42 Å². The summed E-state index contributed by atoms with van der Waals surface area (Å²) >= 11 is 0. The zero-order chi connectivity index (χ0) is 15.5. The van der Waals surface area contributed by atoms with E-state index in [1.165, 1.54) is 17.7 Å². The maximum Gasteiger partial charge on any atom is 0.238 e. The Bertz CT molecular complexity index is 680. The van der Waals surface area contributed by atoms with Gasteiger partial charge in [-0.25, -0.2) is 13.6 Å². The number of nitrogens with one attached hydrogen (secondary N) is 1. The fourth-order valence-electron chi connectivity index (χ4n) is 2.22. The van der Waals surface area contributed by atoms with E-state index in [2.05, 4.69) is 31.3 Å². The molecule has 0 bridgehead atoms. The minimum absolute atomic E-state index is 0.119. The zero-order valence-electron chi connectivity index (χ0n) is 12.2. The van der Waals surface area contributed by atoms with Crippen LogP contribution in [0.25, 0.3) is 0 Å². The van der Waals surface area contributed by atoms with Crippen LogP contribution in [0.2, 0.25) is 0 Å². The Morgan fingerprint density at radius 3 is 2.00 bits per heavy atom. The molecule has 0 saturated heterocycles. The largest absolute Gasteiger partial charge is 0.378 e. The van der Waals surface area contributed by atoms with Gasteiger partial charge in [0, 0.05) is 5.69 Å². The zero-order valence-corrected chi connectivity index (χ0v) is 13.0. The predicted octanol–water partition coefficient (Wildman–Crippen LogP) is 3.14. The van der Waals surface area contributed by atoms with Crippen LogP contribution < -0.4 is 10.5 Å². The van der Waals surface area contributed by atoms with Gasteiger partial charge >= 0.3 is 0 Å². The van der Waals surface area contributed by atoms with Crippen LogP contribution in [-0.2, 0) is 10.0 Å². The van der Waals surface area contributed by atoms with Crippen LogP contribution in [0, 0.1) is 5.92 Å². The molecule has 0 aromatic heterocycles. The molecule has 1 unspecified atom stereocenters. The van der Waals surface area contributed by atoms with Crippen molar-refractivity contribution in [1.29, 1.82) is 0 Å². The van der Waals surface area contributed by atoms with Gasteiger partial charge in [0.25, 0.3) is 0 Å². The number of benzene rings is 2. The van der Waals surface area contributed by atoms with Crippen LogP contribution in [0.3, 0.4) is 0 Å². The molecule has 0 saturated carbocycles. The molecule has 0 heterocycles. The average Bonchev–Trinajstić information content (AvgIpc) is 2.45. The smallest absolute Gasteiger partial charge is 0.238 e. The number of nitrogens with two attached hydrogens (primary N) is 1. The third-order valence-electron chi connectivity index (χ3n) is 3.33. The Balaban J connectivity index is 2.22. The summed E-state index contributed by atoms with van der Waals surface area (Å²) in [4.78, 5) is 0.119. The average molecular weight is 304 g/mol. The van der Waals surface area contributed by atoms with Crippen LogP contribution >= 0.6 is 0 Å². The van der Waals surface area contributed by atoms with E-state index in [9.17, 15) is 8.42 Å². The Morgan fingerprint density at radius 1 is 0.952 bits per heavy atom. The Labute approximate surface area is 126 Å². The van der Waals surface area contributed by atoms with Crippen molar-refractivity contribution in [2.45, 2.75) is 24.8 Å². The highest BCUT2D eigenvalue weighted by atomic mass is 32.2. The van der Waals surface area contributed by atoms with E-state index in [1.54, 1.807) is 12.1 Å². The molecule has 5 heteroatoms. The van der Waals surface area contributed by atoms with Gasteiger partial charge < -0.3 is 5.32 Å². The molecule has 2 rings (SSSR count). The molecule has 0 aliphatic rings. The maximum atomic E-state index is 11.3. The lowest BCUT2D eigenvalue weighted by Crippen LogP contribution is -2.17. The van der Waals surface area contributed by atoms with Crippen molar-refractivity contribution in [2.75, 3.05) is 5.32 Å². The molecule has 0 radical (unpaired) electrons. The number of hydrogen-bond acceptors (Lipinski definition) is 3. The minimum Gasteiger partial charge on any atom is -0.378 e. The summed E-state index contributed by atoms with van der Waals surface area (Å²) in [5.74, 6) is 0.394. The summed E-state index contributed by atoms with van der Waals surface area (Å²) in [5, 5.41) is 8.54. The molecule has 0 amide bonds. The summed E-state index contributed by atoms with van der Waals surface area (Å²) in [6, 6.07) is 16.8. The fraction of sp³-hybridized carbons (Fsp3) is 0.250. The highest BCUT2D eigenvalue weighted by Gasteiger charge is 2.15. The maximum absolute atomic E-state index is 11.3. The van der Waals surface area contributed by atoms with Crippen molar-refractivity contribution in [1.82, 2.24) is 0 Å². The van der Waals surface area contributed by atoms with Gasteiger partial charge in [0.1, 0.15) is 0 Å². The van der Waals surface area contributed by atoms with E-state index < -0.39 is 10.0 Å². The highest BCUT2D eigenvalue weighted by molar-refractivity contribution is 7.89. The summed E-state index contributed by atoms with van der Waals surface area (Å²) in [6.07, 6.45) is 0. The lowest BCUT2D eigenvalue weighted by atomic mass is 9.96. The quantitative estimate of drug-likeness (QED) is 0.891. The van der Waals surface area contributed by atoms with E-state index in [0.29, 0.717) is 5.92 Å². The van der Waals surface area contributed by atoms with Crippen LogP contribution in [0.1, 0.15) is 25.5 Å². The monoisotopic (exact) mass is 304 g/mol. The molecule has 2 aromatic rings. The second kappa shape index (κ2) is 6.28. The van der Waals surface area contributed by atoms with Crippen molar-refractivity contribution in [3.05, 3.63) is 60.2 Å². The van der Waals surface area contributed by atoms with E-state index in [-0.39, 0.29) is 10.9 Å². The lowest BCUT2D eigenvalue weighted by molar-refractivity contribution is 0.546. The van der Waals surface area contributed by atoms with Gasteiger partial charge in [-0.05, 0) is 35.7 Å². The van der Waals surface area contributed by atoms with Crippen molar-refractivity contribution in [3.8, 4) is 0 Å². The number of anilines is 1. The molecule has 112 valence electrons. The molecule has 21 heavy (non-hydrogen) atoms. The van der Waals surface area contributed by atoms with Gasteiger partial charge in [-0.3, -0.25) is 0 Å². The van der Waals surface area contributed by atoms with Crippen molar-refractivity contribution < 1.29 is 8.42 Å².